The van der Waals surface area contributed by atoms with Gasteiger partial charge >= 0.3 is 5.69 Å². The summed E-state index contributed by atoms with van der Waals surface area (Å²) in [6.07, 6.45) is 1.43. The van der Waals surface area contributed by atoms with Crippen LogP contribution in [0.25, 0.3) is 10.9 Å². The quantitative estimate of drug-likeness (QED) is 0.710. The van der Waals surface area contributed by atoms with Crippen molar-refractivity contribution < 1.29 is 4.79 Å². The first kappa shape index (κ1) is 15.9. The molecule has 0 unspecified atom stereocenters. The van der Waals surface area contributed by atoms with E-state index in [4.69, 9.17) is 11.6 Å². The van der Waals surface area contributed by atoms with Gasteiger partial charge in [-0.25, -0.2) is 9.78 Å². The Hall–Kier alpha value is -2.93. The number of anilines is 1. The van der Waals surface area contributed by atoms with Gasteiger partial charge in [0, 0.05) is 12.1 Å². The number of aromatic nitrogens is 3. The Bertz CT molecular complexity index is 1040. The number of amides is 1. The molecule has 1 aromatic carbocycles. The summed E-state index contributed by atoms with van der Waals surface area (Å²) < 4.78 is 1.10. The van der Waals surface area contributed by atoms with Gasteiger partial charge in [0.05, 0.1) is 22.8 Å². The van der Waals surface area contributed by atoms with E-state index in [0.29, 0.717) is 27.3 Å². The lowest BCUT2D eigenvalue weighted by Gasteiger charge is -2.07. The number of H-pyrrole nitrogens is 1. The molecular formula is C16H13ClN4O3. The molecule has 0 bridgehead atoms. The third-order valence-electron chi connectivity index (χ3n) is 3.55. The second kappa shape index (κ2) is 6.29. The van der Waals surface area contributed by atoms with Crippen LogP contribution >= 0.6 is 11.6 Å². The van der Waals surface area contributed by atoms with Crippen LogP contribution in [0.4, 0.5) is 5.69 Å². The van der Waals surface area contributed by atoms with Crippen LogP contribution < -0.4 is 16.6 Å². The van der Waals surface area contributed by atoms with E-state index in [0.717, 1.165) is 4.57 Å². The number of carbonyl (C=O) groups is 1. The zero-order valence-corrected chi connectivity index (χ0v) is 13.4. The Balaban J connectivity index is 1.98. The van der Waals surface area contributed by atoms with Crippen molar-refractivity contribution >= 4 is 34.1 Å². The molecule has 0 radical (unpaired) electrons. The Morgan fingerprint density at radius 1 is 1.29 bits per heavy atom. The molecule has 122 valence electrons. The second-order valence-electron chi connectivity index (χ2n) is 5.06. The summed E-state index contributed by atoms with van der Waals surface area (Å²) in [5.74, 6) is -0.387. The predicted molar refractivity (Wildman–Crippen MR) is 91.7 cm³/mol. The fourth-order valence-corrected chi connectivity index (χ4v) is 2.45. The van der Waals surface area contributed by atoms with Gasteiger partial charge in [0.25, 0.3) is 11.5 Å². The van der Waals surface area contributed by atoms with Gasteiger partial charge in [-0.05, 0) is 37.3 Å². The average Bonchev–Trinajstić information content (AvgIpc) is 2.56. The molecular weight excluding hydrogens is 332 g/mol. The molecule has 3 aromatic rings. The summed E-state index contributed by atoms with van der Waals surface area (Å²) in [5, 5.41) is 3.34. The van der Waals surface area contributed by atoms with Gasteiger partial charge in [-0.2, -0.15) is 0 Å². The van der Waals surface area contributed by atoms with Gasteiger partial charge in [-0.3, -0.25) is 14.2 Å². The molecule has 0 spiro atoms. The number of nitrogens with zero attached hydrogens (tertiary/aromatic N) is 2. The van der Waals surface area contributed by atoms with Crippen LogP contribution in [0.3, 0.4) is 0 Å². The maximum Gasteiger partial charge on any atom is 0.328 e. The zero-order chi connectivity index (χ0) is 17.3. The molecule has 1 amide bonds. The minimum atomic E-state index is -0.505. The molecule has 2 heterocycles. The topological polar surface area (TPSA) is 96.8 Å². The van der Waals surface area contributed by atoms with E-state index >= 15 is 0 Å². The first-order valence-electron chi connectivity index (χ1n) is 7.19. The molecule has 0 saturated carbocycles. The lowest BCUT2D eigenvalue weighted by Crippen LogP contribution is -2.34. The second-order valence-corrected chi connectivity index (χ2v) is 5.45. The predicted octanol–water partition coefficient (Wildman–Crippen LogP) is 2.01. The van der Waals surface area contributed by atoms with Gasteiger partial charge in [-0.15, -0.1) is 0 Å². The van der Waals surface area contributed by atoms with E-state index in [1.807, 2.05) is 0 Å². The van der Waals surface area contributed by atoms with Crippen LogP contribution in [0.1, 0.15) is 17.3 Å². The lowest BCUT2D eigenvalue weighted by molar-refractivity contribution is 0.102. The number of halogens is 1. The molecule has 0 aliphatic rings. The summed E-state index contributed by atoms with van der Waals surface area (Å²) in [6.45, 7) is 1.99. The highest BCUT2D eigenvalue weighted by Crippen LogP contribution is 2.13. The van der Waals surface area contributed by atoms with Crippen molar-refractivity contribution in [3.05, 3.63) is 68.1 Å². The Morgan fingerprint density at radius 2 is 2.08 bits per heavy atom. The number of nitrogens with one attached hydrogen (secondary N) is 2. The number of carbonyl (C=O) groups excluding carboxylic acids is 1. The highest BCUT2D eigenvalue weighted by molar-refractivity contribution is 6.29. The first-order chi connectivity index (χ1) is 11.5. The van der Waals surface area contributed by atoms with E-state index in [1.54, 1.807) is 19.1 Å². The van der Waals surface area contributed by atoms with Crippen LogP contribution in [0.15, 0.2) is 46.1 Å². The highest BCUT2D eigenvalue weighted by Gasteiger charge is 2.11. The van der Waals surface area contributed by atoms with Gasteiger partial charge in [0.15, 0.2) is 0 Å². The van der Waals surface area contributed by atoms with Crippen LogP contribution in [-0.2, 0) is 6.54 Å². The average molecular weight is 345 g/mol. The molecule has 0 aliphatic carbocycles. The molecule has 3 rings (SSSR count). The number of benzene rings is 1. The maximum absolute atomic E-state index is 12.3. The summed E-state index contributed by atoms with van der Waals surface area (Å²) in [4.78, 5) is 42.9. The Morgan fingerprint density at radius 3 is 2.75 bits per heavy atom. The first-order valence-corrected chi connectivity index (χ1v) is 7.57. The third-order valence-corrected chi connectivity index (χ3v) is 3.77. The normalized spacial score (nSPS) is 10.8. The lowest BCUT2D eigenvalue weighted by atomic mass is 10.1. The number of hydrogen-bond acceptors (Lipinski definition) is 4. The zero-order valence-electron chi connectivity index (χ0n) is 12.7. The minimum Gasteiger partial charge on any atom is -0.321 e. The van der Waals surface area contributed by atoms with Gasteiger partial charge in [0.2, 0.25) is 0 Å². The van der Waals surface area contributed by atoms with Crippen molar-refractivity contribution in [2.24, 2.45) is 0 Å². The van der Waals surface area contributed by atoms with Gasteiger partial charge in [0.1, 0.15) is 5.15 Å². The van der Waals surface area contributed by atoms with E-state index in [-0.39, 0.29) is 18.0 Å². The standard InChI is InChI=1S/C16H13ClN4O3/c1-2-21-15(23)11-5-3-9(7-12(11)20-16(21)24)14(22)19-10-4-6-13(17)18-8-10/h3-8H,2H2,1H3,(H,19,22)(H,20,24). The summed E-state index contributed by atoms with van der Waals surface area (Å²) >= 11 is 5.70. The SMILES string of the molecule is CCn1c(=O)[nH]c2cc(C(=O)Nc3ccc(Cl)nc3)ccc2c1=O. The van der Waals surface area contributed by atoms with E-state index in [2.05, 4.69) is 15.3 Å². The number of rotatable bonds is 3. The monoisotopic (exact) mass is 344 g/mol. The van der Waals surface area contributed by atoms with Crippen molar-refractivity contribution in [1.82, 2.24) is 14.5 Å². The van der Waals surface area contributed by atoms with Crippen LogP contribution in [-0.4, -0.2) is 20.4 Å². The largest absolute Gasteiger partial charge is 0.328 e. The van der Waals surface area contributed by atoms with Crippen LogP contribution in [0, 0.1) is 0 Å². The number of aromatic amines is 1. The van der Waals surface area contributed by atoms with Crippen LogP contribution in [0.2, 0.25) is 5.15 Å². The highest BCUT2D eigenvalue weighted by atomic mass is 35.5. The fraction of sp³-hybridized carbons (Fsp3) is 0.125. The number of fused-ring (bicyclic) bond motifs is 1. The molecule has 0 saturated heterocycles. The molecule has 7 nitrogen and oxygen atoms in total. The molecule has 8 heteroatoms. The van der Waals surface area contributed by atoms with Crippen molar-refractivity contribution in [2.75, 3.05) is 5.32 Å². The van der Waals surface area contributed by atoms with Crippen molar-refractivity contribution in [1.29, 1.82) is 0 Å². The summed E-state index contributed by atoms with van der Waals surface area (Å²) in [5.41, 5.74) is 0.220. The minimum absolute atomic E-state index is 0.274. The maximum atomic E-state index is 12.3. The Kier molecular flexibility index (Phi) is 4.18. The Labute approximate surface area is 140 Å². The molecule has 0 aliphatic heterocycles. The van der Waals surface area contributed by atoms with Gasteiger partial charge in [-0.1, -0.05) is 11.6 Å². The summed E-state index contributed by atoms with van der Waals surface area (Å²) in [7, 11) is 0. The molecule has 2 N–H and O–H groups in total. The third kappa shape index (κ3) is 2.93. The van der Waals surface area contributed by atoms with Gasteiger partial charge < -0.3 is 10.3 Å². The molecule has 0 atom stereocenters. The van der Waals surface area contributed by atoms with E-state index < -0.39 is 5.69 Å². The smallest absolute Gasteiger partial charge is 0.321 e. The van der Waals surface area contributed by atoms with E-state index in [1.165, 1.54) is 24.4 Å². The van der Waals surface area contributed by atoms with E-state index in [9.17, 15) is 14.4 Å². The molecule has 24 heavy (non-hydrogen) atoms. The van der Waals surface area contributed by atoms with Crippen molar-refractivity contribution in [3.63, 3.8) is 0 Å². The molecule has 0 fully saturated rings. The number of hydrogen-bond donors (Lipinski definition) is 2. The van der Waals surface area contributed by atoms with Crippen LogP contribution in [0.5, 0.6) is 0 Å². The van der Waals surface area contributed by atoms with Crippen molar-refractivity contribution in [2.45, 2.75) is 13.5 Å². The number of pyridine rings is 1. The van der Waals surface area contributed by atoms with Crippen molar-refractivity contribution in [3.8, 4) is 0 Å². The fourth-order valence-electron chi connectivity index (χ4n) is 2.34. The molecule has 2 aromatic heterocycles. The summed E-state index contributed by atoms with van der Waals surface area (Å²) in [6, 6.07) is 7.70.